The van der Waals surface area contributed by atoms with Gasteiger partial charge in [-0.05, 0) is 38.5 Å². The summed E-state index contributed by atoms with van der Waals surface area (Å²) in [7, 11) is 0. The van der Waals surface area contributed by atoms with Gasteiger partial charge in [-0.2, -0.15) is 0 Å². The second-order valence-corrected chi connectivity index (χ2v) is 29.2. The van der Waals surface area contributed by atoms with Crippen LogP contribution in [0.2, 0.25) is 0 Å². The van der Waals surface area contributed by atoms with Crippen molar-refractivity contribution in [1.82, 2.24) is 5.32 Å². The Morgan fingerprint density at radius 2 is 0.649 bits per heavy atom. The molecule has 574 valence electrons. The van der Waals surface area contributed by atoms with Crippen LogP contribution in [0.3, 0.4) is 0 Å². The molecule has 3 aliphatic heterocycles. The number of carbonyl (C=O) groups excluding carboxylic acids is 1. The van der Waals surface area contributed by atoms with Crippen molar-refractivity contribution < 1.29 is 89.4 Å². The standard InChI is InChI=1S/C78H149NO18/c1-3-5-7-9-11-13-15-17-19-21-22-23-24-25-26-27-28-29-30-31-32-33-34-35-36-37-38-40-42-44-46-48-50-52-54-56-66(84)79-61(62(83)55-53-51-49-47-45-43-41-39-20-18-16-14-12-10-8-6-4-2)60-92-76-72(90)69(87)74(64(58-81)94-76)97-78-73(91)70(88)75(65(59-82)95-78)96-77-71(89)68(86)67(85)63(57-80)93-77/h21-22,61-65,67-78,80-83,85-91H,3-20,23-60H2,1-2H3,(H,79,84)/b22-21-. The van der Waals surface area contributed by atoms with E-state index in [4.69, 9.17) is 28.4 Å². The average molecular weight is 1390 g/mol. The van der Waals surface area contributed by atoms with E-state index in [-0.39, 0.29) is 18.9 Å². The molecule has 3 saturated heterocycles. The highest BCUT2D eigenvalue weighted by atomic mass is 16.8. The van der Waals surface area contributed by atoms with Crippen molar-refractivity contribution in [1.29, 1.82) is 0 Å². The number of hydrogen-bond acceptors (Lipinski definition) is 18. The molecule has 0 spiro atoms. The van der Waals surface area contributed by atoms with Crippen LogP contribution in [0.5, 0.6) is 0 Å². The molecule has 0 aromatic carbocycles. The van der Waals surface area contributed by atoms with Crippen LogP contribution in [0.1, 0.15) is 348 Å². The van der Waals surface area contributed by atoms with E-state index in [0.717, 1.165) is 44.9 Å². The van der Waals surface area contributed by atoms with Gasteiger partial charge in [-0.3, -0.25) is 4.79 Å². The number of amides is 1. The molecule has 0 aliphatic carbocycles. The van der Waals surface area contributed by atoms with Crippen molar-refractivity contribution in [3.05, 3.63) is 12.2 Å². The van der Waals surface area contributed by atoms with Gasteiger partial charge >= 0.3 is 0 Å². The molecule has 0 bridgehead atoms. The fourth-order valence-electron chi connectivity index (χ4n) is 14.1. The SMILES string of the molecule is CCCCCCCCCC/C=C\CCCCCCCCCCCCCCCCCCCCCCCCCC(=O)NC(COC1OC(CO)C(OC2OC(CO)C(OC3OC(CO)C(O)C(O)C3O)C(O)C2O)C(O)C1O)C(O)CCCCCCCCCCCCCCCCCCC. The van der Waals surface area contributed by atoms with Crippen molar-refractivity contribution in [2.75, 3.05) is 26.4 Å². The van der Waals surface area contributed by atoms with Gasteiger partial charge in [0.05, 0.1) is 38.6 Å². The van der Waals surface area contributed by atoms with Gasteiger partial charge in [-0.15, -0.1) is 0 Å². The van der Waals surface area contributed by atoms with Crippen molar-refractivity contribution in [3.8, 4) is 0 Å². The summed E-state index contributed by atoms with van der Waals surface area (Å²) in [5.41, 5.74) is 0. The minimum atomic E-state index is -1.97. The monoisotopic (exact) mass is 1390 g/mol. The fraction of sp³-hybridized carbons (Fsp3) is 0.962. The van der Waals surface area contributed by atoms with Crippen LogP contribution in [0.15, 0.2) is 12.2 Å². The molecular formula is C78H149NO18. The number of nitrogens with one attached hydrogen (secondary N) is 1. The Labute approximate surface area is 588 Å². The Morgan fingerprint density at radius 1 is 0.361 bits per heavy atom. The van der Waals surface area contributed by atoms with Crippen LogP contribution in [0, 0.1) is 0 Å². The molecule has 1 amide bonds. The minimum Gasteiger partial charge on any atom is -0.394 e. The van der Waals surface area contributed by atoms with Crippen molar-refractivity contribution in [2.45, 2.75) is 452 Å². The maximum atomic E-state index is 13.5. The van der Waals surface area contributed by atoms with E-state index in [1.165, 1.54) is 270 Å². The first-order chi connectivity index (χ1) is 47.3. The highest BCUT2D eigenvalue weighted by Crippen LogP contribution is 2.33. The van der Waals surface area contributed by atoms with E-state index in [9.17, 15) is 61.0 Å². The lowest BCUT2D eigenvalue weighted by Gasteiger charge is -2.48. The van der Waals surface area contributed by atoms with Gasteiger partial charge in [0.15, 0.2) is 18.9 Å². The van der Waals surface area contributed by atoms with Crippen molar-refractivity contribution >= 4 is 5.91 Å². The van der Waals surface area contributed by atoms with Gasteiger partial charge in [0, 0.05) is 6.42 Å². The molecule has 19 heteroatoms. The lowest BCUT2D eigenvalue weighted by atomic mass is 9.96. The summed E-state index contributed by atoms with van der Waals surface area (Å²) in [4.78, 5) is 13.5. The van der Waals surface area contributed by atoms with E-state index in [2.05, 4.69) is 31.3 Å². The number of allylic oxidation sites excluding steroid dienone is 2. The van der Waals surface area contributed by atoms with Gasteiger partial charge in [-0.25, -0.2) is 0 Å². The molecule has 3 rings (SSSR count). The number of ether oxygens (including phenoxy) is 6. The van der Waals surface area contributed by atoms with Gasteiger partial charge in [0.2, 0.25) is 5.91 Å². The summed E-state index contributed by atoms with van der Waals surface area (Å²) in [6.45, 7) is 1.85. The number of rotatable bonds is 65. The Hall–Kier alpha value is -1.47. The topological polar surface area (TPSA) is 307 Å². The zero-order chi connectivity index (χ0) is 70.4. The first-order valence-corrected chi connectivity index (χ1v) is 40.4. The predicted octanol–water partition coefficient (Wildman–Crippen LogP) is 13.2. The Morgan fingerprint density at radius 3 is 1.00 bits per heavy atom. The molecule has 0 saturated carbocycles. The van der Waals surface area contributed by atoms with Crippen molar-refractivity contribution in [2.24, 2.45) is 0 Å². The number of aliphatic hydroxyl groups excluding tert-OH is 11. The third kappa shape index (κ3) is 40.4. The van der Waals surface area contributed by atoms with Crippen LogP contribution in [0.25, 0.3) is 0 Å². The third-order valence-electron chi connectivity index (χ3n) is 20.6. The lowest BCUT2D eigenvalue weighted by molar-refractivity contribution is -0.379. The van der Waals surface area contributed by atoms with Gasteiger partial charge in [0.25, 0.3) is 0 Å². The Kier molecular flexibility index (Phi) is 55.4. The highest BCUT2D eigenvalue weighted by Gasteiger charge is 2.54. The number of carbonyl (C=O) groups is 1. The van der Waals surface area contributed by atoms with E-state index >= 15 is 0 Å². The number of hydrogen-bond donors (Lipinski definition) is 12. The zero-order valence-corrected chi connectivity index (χ0v) is 61.3. The molecule has 3 aliphatic rings. The second kappa shape index (κ2) is 59.9. The normalized spacial score (nSPS) is 26.9. The van der Waals surface area contributed by atoms with Crippen molar-refractivity contribution in [3.63, 3.8) is 0 Å². The van der Waals surface area contributed by atoms with Crippen LogP contribution >= 0.6 is 0 Å². The first kappa shape index (κ1) is 89.7. The number of aliphatic hydroxyl groups is 11. The fourth-order valence-corrected chi connectivity index (χ4v) is 14.1. The van der Waals surface area contributed by atoms with Gasteiger partial charge in [0.1, 0.15) is 73.2 Å². The molecule has 19 nitrogen and oxygen atoms in total. The summed E-state index contributed by atoms with van der Waals surface area (Å²) < 4.78 is 34.5. The molecular weight excluding hydrogens is 1240 g/mol. The van der Waals surface area contributed by atoms with Crippen LogP contribution in [-0.4, -0.2) is 193 Å². The first-order valence-electron chi connectivity index (χ1n) is 40.4. The summed E-state index contributed by atoms with van der Waals surface area (Å²) >= 11 is 0. The smallest absolute Gasteiger partial charge is 0.220 e. The summed E-state index contributed by atoms with van der Waals surface area (Å²) in [6.07, 6.45) is 43.2. The quantitative estimate of drug-likeness (QED) is 0.0199. The van der Waals surface area contributed by atoms with E-state index in [0.29, 0.717) is 12.8 Å². The van der Waals surface area contributed by atoms with E-state index in [1.54, 1.807) is 0 Å². The highest BCUT2D eigenvalue weighted by molar-refractivity contribution is 5.76. The van der Waals surface area contributed by atoms with E-state index in [1.807, 2.05) is 0 Å². The molecule has 97 heavy (non-hydrogen) atoms. The summed E-state index contributed by atoms with van der Waals surface area (Å²) in [6, 6.07) is -0.884. The third-order valence-corrected chi connectivity index (χ3v) is 20.6. The molecule has 12 N–H and O–H groups in total. The molecule has 0 radical (unpaired) electrons. The zero-order valence-electron chi connectivity index (χ0n) is 61.3. The van der Waals surface area contributed by atoms with Crippen LogP contribution < -0.4 is 5.32 Å². The Bertz CT molecular complexity index is 1800. The molecule has 3 heterocycles. The maximum absolute atomic E-state index is 13.5. The number of unbranched alkanes of at least 4 members (excludes halogenated alkanes) is 47. The van der Waals surface area contributed by atoms with Gasteiger partial charge < -0.3 is 89.9 Å². The largest absolute Gasteiger partial charge is 0.394 e. The molecule has 17 atom stereocenters. The molecule has 17 unspecified atom stereocenters. The Balaban J connectivity index is 1.32. The average Bonchev–Trinajstić information content (AvgIpc) is 0.792. The van der Waals surface area contributed by atoms with Crippen LogP contribution in [-0.2, 0) is 33.2 Å². The minimum absolute atomic E-state index is 0.234. The maximum Gasteiger partial charge on any atom is 0.220 e. The summed E-state index contributed by atoms with van der Waals surface area (Å²) in [5, 5.41) is 121. The lowest BCUT2D eigenvalue weighted by Crippen LogP contribution is -2.66. The molecule has 0 aromatic rings. The van der Waals surface area contributed by atoms with Crippen LogP contribution in [0.4, 0.5) is 0 Å². The van der Waals surface area contributed by atoms with E-state index < -0.39 is 124 Å². The second-order valence-electron chi connectivity index (χ2n) is 29.2. The molecule has 3 fully saturated rings. The predicted molar refractivity (Wildman–Crippen MR) is 383 cm³/mol. The summed E-state index contributed by atoms with van der Waals surface area (Å²) in [5.74, 6) is -0.234. The van der Waals surface area contributed by atoms with Gasteiger partial charge in [-0.1, -0.05) is 315 Å². The molecule has 0 aromatic heterocycles.